The van der Waals surface area contributed by atoms with Crippen LogP contribution in [0.2, 0.25) is 10.0 Å². The van der Waals surface area contributed by atoms with Crippen molar-refractivity contribution in [2.75, 3.05) is 6.54 Å². The zero-order valence-corrected chi connectivity index (χ0v) is 11.1. The Hall–Kier alpha value is -0.930. The number of likely N-dealkylation sites (N-methyl/N-ethyl adjacent to an activating group) is 1. The van der Waals surface area contributed by atoms with Crippen LogP contribution in [0, 0.1) is 0 Å². The summed E-state index contributed by atoms with van der Waals surface area (Å²) in [6.07, 6.45) is -0.597. The molecule has 17 heavy (non-hydrogen) atoms. The number of ether oxygens (including phenoxy) is 1. The first-order chi connectivity index (χ1) is 8.02. The van der Waals surface area contributed by atoms with Crippen LogP contribution < -0.4 is 0 Å². The molecule has 3 nitrogen and oxygen atoms in total. The highest BCUT2D eigenvalue weighted by Crippen LogP contribution is 2.34. The molecule has 92 valence electrons. The van der Waals surface area contributed by atoms with Gasteiger partial charge in [-0.15, -0.1) is 0 Å². The summed E-state index contributed by atoms with van der Waals surface area (Å²) in [7, 11) is 0. The summed E-state index contributed by atoms with van der Waals surface area (Å²) >= 11 is 11.9. The number of halogens is 2. The minimum atomic E-state index is -0.307. The Balaban J connectivity index is 2.32. The van der Waals surface area contributed by atoms with Crippen LogP contribution in [0.15, 0.2) is 18.2 Å². The van der Waals surface area contributed by atoms with E-state index in [0.29, 0.717) is 16.6 Å². The first-order valence-corrected chi connectivity index (χ1v) is 6.21. The molecule has 0 aromatic heterocycles. The number of carbonyl (C=O) groups is 1. The Bertz CT molecular complexity index is 430. The highest BCUT2D eigenvalue weighted by Gasteiger charge is 2.38. The van der Waals surface area contributed by atoms with Crippen molar-refractivity contribution in [2.45, 2.75) is 26.0 Å². The average molecular weight is 274 g/mol. The first kappa shape index (κ1) is 12.5. The maximum atomic E-state index is 11.6. The summed E-state index contributed by atoms with van der Waals surface area (Å²) in [6.45, 7) is 4.50. The number of cyclic esters (lactones) is 1. The smallest absolute Gasteiger partial charge is 0.410 e. The van der Waals surface area contributed by atoms with E-state index in [1.54, 1.807) is 23.1 Å². The minimum Gasteiger partial charge on any atom is -0.439 e. The van der Waals surface area contributed by atoms with E-state index in [-0.39, 0.29) is 18.2 Å². The SMILES string of the molecule is CCN1C(=O)O[C@H](c2cc(Cl)cc(Cl)c2)[C@H]1C. The molecule has 1 aliphatic rings. The molecule has 1 fully saturated rings. The molecule has 2 atom stereocenters. The lowest BCUT2D eigenvalue weighted by Gasteiger charge is -2.19. The van der Waals surface area contributed by atoms with Crippen LogP contribution in [0.1, 0.15) is 25.5 Å². The van der Waals surface area contributed by atoms with Crippen molar-refractivity contribution < 1.29 is 9.53 Å². The predicted octanol–water partition coefficient (Wildman–Crippen LogP) is 3.90. The Morgan fingerprint density at radius 3 is 2.35 bits per heavy atom. The molecule has 1 aromatic carbocycles. The maximum Gasteiger partial charge on any atom is 0.410 e. The highest BCUT2D eigenvalue weighted by atomic mass is 35.5. The van der Waals surface area contributed by atoms with Crippen LogP contribution in [0.5, 0.6) is 0 Å². The van der Waals surface area contributed by atoms with Crippen LogP contribution in [0.4, 0.5) is 4.79 Å². The molecular weight excluding hydrogens is 261 g/mol. The molecule has 0 radical (unpaired) electrons. The third-order valence-electron chi connectivity index (χ3n) is 2.95. The molecule has 0 N–H and O–H groups in total. The number of hydrogen-bond donors (Lipinski definition) is 0. The summed E-state index contributed by atoms with van der Waals surface area (Å²) in [5, 5.41) is 1.09. The van der Waals surface area contributed by atoms with E-state index in [1.165, 1.54) is 0 Å². The van der Waals surface area contributed by atoms with Crippen molar-refractivity contribution in [3.8, 4) is 0 Å². The minimum absolute atomic E-state index is 0.0120. The predicted molar refractivity (Wildman–Crippen MR) is 67.5 cm³/mol. The number of rotatable bonds is 2. The lowest BCUT2D eigenvalue weighted by molar-refractivity contribution is 0.131. The van der Waals surface area contributed by atoms with Gasteiger partial charge in [-0.3, -0.25) is 0 Å². The molecule has 1 aliphatic heterocycles. The third kappa shape index (κ3) is 2.35. The van der Waals surface area contributed by atoms with Crippen molar-refractivity contribution in [1.29, 1.82) is 0 Å². The Kier molecular flexibility index (Phi) is 3.50. The number of hydrogen-bond acceptors (Lipinski definition) is 2. The molecule has 0 saturated carbocycles. The van der Waals surface area contributed by atoms with E-state index in [1.807, 2.05) is 13.8 Å². The van der Waals surface area contributed by atoms with Crippen molar-refractivity contribution in [1.82, 2.24) is 4.90 Å². The zero-order chi connectivity index (χ0) is 12.6. The molecule has 1 amide bonds. The second-order valence-electron chi connectivity index (χ2n) is 4.03. The van der Waals surface area contributed by atoms with E-state index < -0.39 is 0 Å². The van der Waals surface area contributed by atoms with Crippen LogP contribution in [0.3, 0.4) is 0 Å². The normalized spacial score (nSPS) is 24.0. The molecule has 0 bridgehead atoms. The van der Waals surface area contributed by atoms with Crippen LogP contribution in [0.25, 0.3) is 0 Å². The summed E-state index contributed by atoms with van der Waals surface area (Å²) in [6, 6.07) is 5.20. The lowest BCUT2D eigenvalue weighted by atomic mass is 10.0. The fourth-order valence-corrected chi connectivity index (χ4v) is 2.65. The molecule has 1 aromatic rings. The second-order valence-corrected chi connectivity index (χ2v) is 4.91. The number of amides is 1. The monoisotopic (exact) mass is 273 g/mol. The topological polar surface area (TPSA) is 29.5 Å². The fraction of sp³-hybridized carbons (Fsp3) is 0.417. The number of nitrogens with zero attached hydrogens (tertiary/aromatic N) is 1. The van der Waals surface area contributed by atoms with E-state index >= 15 is 0 Å². The van der Waals surface area contributed by atoms with Crippen LogP contribution in [-0.4, -0.2) is 23.6 Å². The van der Waals surface area contributed by atoms with E-state index in [2.05, 4.69) is 0 Å². The lowest BCUT2D eigenvalue weighted by Crippen LogP contribution is -2.31. The quantitative estimate of drug-likeness (QED) is 0.818. The number of benzene rings is 1. The van der Waals surface area contributed by atoms with Crippen molar-refractivity contribution in [3.63, 3.8) is 0 Å². The van der Waals surface area contributed by atoms with E-state index in [4.69, 9.17) is 27.9 Å². The van der Waals surface area contributed by atoms with Crippen molar-refractivity contribution in [3.05, 3.63) is 33.8 Å². The van der Waals surface area contributed by atoms with Gasteiger partial charge in [0, 0.05) is 16.6 Å². The molecule has 0 spiro atoms. The van der Waals surface area contributed by atoms with Gasteiger partial charge < -0.3 is 9.64 Å². The maximum absolute atomic E-state index is 11.6. The molecule has 1 saturated heterocycles. The molecule has 1 heterocycles. The fourth-order valence-electron chi connectivity index (χ4n) is 2.11. The van der Waals surface area contributed by atoms with Gasteiger partial charge in [0.25, 0.3) is 0 Å². The van der Waals surface area contributed by atoms with Gasteiger partial charge in [0.1, 0.15) is 6.10 Å². The molecule has 5 heteroatoms. The summed E-state index contributed by atoms with van der Waals surface area (Å²) < 4.78 is 5.34. The Morgan fingerprint density at radius 2 is 1.88 bits per heavy atom. The zero-order valence-electron chi connectivity index (χ0n) is 9.61. The summed E-state index contributed by atoms with van der Waals surface area (Å²) in [4.78, 5) is 13.3. The van der Waals surface area contributed by atoms with Crippen LogP contribution >= 0.6 is 23.2 Å². The van der Waals surface area contributed by atoms with Crippen LogP contribution in [-0.2, 0) is 4.74 Å². The van der Waals surface area contributed by atoms with E-state index in [0.717, 1.165) is 5.56 Å². The number of carbonyl (C=O) groups excluding carboxylic acids is 1. The Labute approximate surface area is 110 Å². The van der Waals surface area contributed by atoms with Gasteiger partial charge in [0.05, 0.1) is 6.04 Å². The van der Waals surface area contributed by atoms with Gasteiger partial charge in [-0.25, -0.2) is 4.79 Å². The average Bonchev–Trinajstić information content (AvgIpc) is 2.52. The summed E-state index contributed by atoms with van der Waals surface area (Å²) in [5.41, 5.74) is 0.833. The Morgan fingerprint density at radius 1 is 1.29 bits per heavy atom. The molecular formula is C12H13Cl2NO2. The van der Waals surface area contributed by atoms with Gasteiger partial charge in [-0.05, 0) is 37.6 Å². The largest absolute Gasteiger partial charge is 0.439 e. The van der Waals surface area contributed by atoms with E-state index in [9.17, 15) is 4.79 Å². The van der Waals surface area contributed by atoms with Gasteiger partial charge in [0.2, 0.25) is 0 Å². The van der Waals surface area contributed by atoms with Crippen molar-refractivity contribution >= 4 is 29.3 Å². The third-order valence-corrected chi connectivity index (χ3v) is 3.38. The molecule has 2 rings (SSSR count). The first-order valence-electron chi connectivity index (χ1n) is 5.46. The standard InChI is InChI=1S/C12H13Cl2NO2/c1-3-15-7(2)11(17-12(15)16)8-4-9(13)6-10(14)5-8/h4-7,11H,3H2,1-2H3/t7-,11+/m1/s1. The van der Waals surface area contributed by atoms with Gasteiger partial charge >= 0.3 is 6.09 Å². The molecule has 0 aliphatic carbocycles. The second kappa shape index (κ2) is 4.75. The van der Waals surface area contributed by atoms with Gasteiger partial charge in [-0.1, -0.05) is 23.2 Å². The summed E-state index contributed by atoms with van der Waals surface area (Å²) in [5.74, 6) is 0. The van der Waals surface area contributed by atoms with Gasteiger partial charge in [-0.2, -0.15) is 0 Å². The van der Waals surface area contributed by atoms with Gasteiger partial charge in [0.15, 0.2) is 0 Å². The highest BCUT2D eigenvalue weighted by molar-refractivity contribution is 6.34. The van der Waals surface area contributed by atoms with Crippen molar-refractivity contribution in [2.24, 2.45) is 0 Å². The molecule has 0 unspecified atom stereocenters.